The molecule has 0 radical (unpaired) electrons. The van der Waals surface area contributed by atoms with Crippen molar-refractivity contribution >= 4 is 16.1 Å². The first-order valence-corrected chi connectivity index (χ1v) is 19.6. The zero-order valence-electron chi connectivity index (χ0n) is 30.8. The Morgan fingerprint density at radius 1 is 0.600 bits per heavy atom. The van der Waals surface area contributed by atoms with Gasteiger partial charge in [0.15, 0.2) is 0 Å². The Hall–Kier alpha value is -4.72. The van der Waals surface area contributed by atoms with E-state index in [0.717, 1.165) is 27.8 Å². The first kappa shape index (κ1) is 40.0. The number of hydrogen-bond acceptors (Lipinski definition) is 10. The van der Waals surface area contributed by atoms with Crippen molar-refractivity contribution in [2.45, 2.75) is 82.0 Å². The molecule has 0 amide bonds. The molecular formula is C44H46O10S. The van der Waals surface area contributed by atoms with E-state index in [0.29, 0.717) is 0 Å². The SMILES string of the molecule is CC(=O)O[C@H]1OC([C@H](COS(=O)(=O)c2ccc(C)cc2)OCc2ccccc2)[C@@H](OCc2ccccc2)C(OCc2ccccc2)C1OCc1ccccc1. The molecule has 6 atom stereocenters. The van der Waals surface area contributed by atoms with Gasteiger partial charge in [-0.3, -0.25) is 8.98 Å². The molecule has 0 aliphatic carbocycles. The van der Waals surface area contributed by atoms with Gasteiger partial charge in [0.2, 0.25) is 6.29 Å². The highest BCUT2D eigenvalue weighted by atomic mass is 32.2. The van der Waals surface area contributed by atoms with E-state index in [9.17, 15) is 13.2 Å². The third-order valence-electron chi connectivity index (χ3n) is 9.04. The number of ether oxygens (including phenoxy) is 6. The van der Waals surface area contributed by atoms with Gasteiger partial charge < -0.3 is 28.4 Å². The number of carbonyl (C=O) groups is 1. The highest BCUT2D eigenvalue weighted by Gasteiger charge is 2.53. The zero-order valence-corrected chi connectivity index (χ0v) is 31.7. The molecular weight excluding hydrogens is 721 g/mol. The largest absolute Gasteiger partial charge is 0.433 e. The van der Waals surface area contributed by atoms with Gasteiger partial charge in [-0.1, -0.05) is 139 Å². The van der Waals surface area contributed by atoms with Crippen molar-refractivity contribution in [2.24, 2.45) is 0 Å². The van der Waals surface area contributed by atoms with Gasteiger partial charge in [0, 0.05) is 6.92 Å². The Kier molecular flexibility index (Phi) is 14.3. The maximum absolute atomic E-state index is 13.5. The Morgan fingerprint density at radius 2 is 1.04 bits per heavy atom. The number of benzene rings is 5. The van der Waals surface area contributed by atoms with Crippen LogP contribution in [0, 0.1) is 6.92 Å². The molecule has 1 heterocycles. The van der Waals surface area contributed by atoms with Gasteiger partial charge in [-0.15, -0.1) is 0 Å². The Morgan fingerprint density at radius 3 is 1.51 bits per heavy atom. The summed E-state index contributed by atoms with van der Waals surface area (Å²) in [6.07, 6.45) is -6.27. The van der Waals surface area contributed by atoms with Gasteiger partial charge in [-0.05, 0) is 41.3 Å². The maximum Gasteiger partial charge on any atom is 0.305 e. The lowest BCUT2D eigenvalue weighted by atomic mass is 9.94. The first-order chi connectivity index (χ1) is 26.7. The van der Waals surface area contributed by atoms with E-state index in [-0.39, 0.29) is 31.3 Å². The van der Waals surface area contributed by atoms with Crippen molar-refractivity contribution in [3.8, 4) is 0 Å². The second kappa shape index (κ2) is 19.7. The molecule has 288 valence electrons. The molecule has 1 fully saturated rings. The summed E-state index contributed by atoms with van der Waals surface area (Å²) in [5.41, 5.74) is 4.39. The molecule has 0 spiro atoms. The number of carbonyl (C=O) groups excluding carboxylic acids is 1. The molecule has 0 N–H and O–H groups in total. The van der Waals surface area contributed by atoms with Gasteiger partial charge in [-0.2, -0.15) is 8.42 Å². The molecule has 0 saturated carbocycles. The summed E-state index contributed by atoms with van der Waals surface area (Å²) in [6, 6.07) is 44.7. The lowest BCUT2D eigenvalue weighted by molar-refractivity contribution is -0.330. The second-order valence-electron chi connectivity index (χ2n) is 13.2. The summed E-state index contributed by atoms with van der Waals surface area (Å²) < 4.78 is 71.7. The van der Waals surface area contributed by atoms with Crippen LogP contribution in [0.1, 0.15) is 34.7 Å². The third kappa shape index (κ3) is 11.6. The molecule has 6 rings (SSSR count). The van der Waals surface area contributed by atoms with Gasteiger partial charge in [0.05, 0.1) is 37.9 Å². The minimum Gasteiger partial charge on any atom is -0.433 e. The number of esters is 1. The van der Waals surface area contributed by atoms with Crippen LogP contribution in [0.5, 0.6) is 0 Å². The fourth-order valence-corrected chi connectivity index (χ4v) is 7.11. The molecule has 3 unspecified atom stereocenters. The normalized spacial score (nSPS) is 20.4. The lowest BCUT2D eigenvalue weighted by Gasteiger charge is -2.47. The van der Waals surface area contributed by atoms with E-state index in [1.807, 2.05) is 128 Å². The van der Waals surface area contributed by atoms with E-state index in [1.54, 1.807) is 12.1 Å². The summed E-state index contributed by atoms with van der Waals surface area (Å²) in [5, 5.41) is 0. The quantitative estimate of drug-likeness (QED) is 0.0664. The fourth-order valence-electron chi connectivity index (χ4n) is 6.19. The summed E-state index contributed by atoms with van der Waals surface area (Å²) in [4.78, 5) is 12.7. The molecule has 0 aromatic heterocycles. The number of aryl methyl sites for hydroxylation is 1. The molecule has 5 aromatic carbocycles. The zero-order chi connectivity index (χ0) is 38.5. The highest BCUT2D eigenvalue weighted by Crippen LogP contribution is 2.34. The van der Waals surface area contributed by atoms with Gasteiger partial charge in [0.1, 0.15) is 30.5 Å². The van der Waals surface area contributed by atoms with Gasteiger partial charge >= 0.3 is 5.97 Å². The van der Waals surface area contributed by atoms with Crippen molar-refractivity contribution in [3.05, 3.63) is 173 Å². The maximum atomic E-state index is 13.5. The van der Waals surface area contributed by atoms with Crippen LogP contribution < -0.4 is 0 Å². The van der Waals surface area contributed by atoms with Crippen LogP contribution in [0.3, 0.4) is 0 Å². The minimum absolute atomic E-state index is 0.00224. The summed E-state index contributed by atoms with van der Waals surface area (Å²) >= 11 is 0. The average molecular weight is 767 g/mol. The summed E-state index contributed by atoms with van der Waals surface area (Å²) in [6.45, 7) is 3.25. The van der Waals surface area contributed by atoms with Crippen molar-refractivity contribution < 1.29 is 45.8 Å². The van der Waals surface area contributed by atoms with Crippen LogP contribution >= 0.6 is 0 Å². The van der Waals surface area contributed by atoms with Crippen LogP contribution in [0.4, 0.5) is 0 Å². The molecule has 1 aliphatic heterocycles. The smallest absolute Gasteiger partial charge is 0.305 e. The molecule has 1 saturated heterocycles. The van der Waals surface area contributed by atoms with Crippen LogP contribution in [0.2, 0.25) is 0 Å². The molecule has 5 aromatic rings. The van der Waals surface area contributed by atoms with Crippen molar-refractivity contribution in [1.82, 2.24) is 0 Å². The average Bonchev–Trinajstić information content (AvgIpc) is 3.20. The standard InChI is InChI=1S/C44H46O10S/c1-32-23-25-38(26-24-32)55(46,47)52-31-39(48-27-34-15-7-3-8-16-34)40-41(49-28-35-17-9-4-10-18-35)42(50-29-36-19-11-5-12-20-36)43(44(54-40)53-33(2)45)51-30-37-21-13-6-14-22-37/h3-26,39-44H,27-31H2,1-2H3/t39-,40?,41+,42?,43?,44-/m0/s1. The molecule has 10 nitrogen and oxygen atoms in total. The molecule has 11 heteroatoms. The number of hydrogen-bond donors (Lipinski definition) is 0. The first-order valence-electron chi connectivity index (χ1n) is 18.2. The predicted molar refractivity (Wildman–Crippen MR) is 205 cm³/mol. The predicted octanol–water partition coefficient (Wildman–Crippen LogP) is 7.33. The molecule has 1 aliphatic rings. The van der Waals surface area contributed by atoms with Crippen molar-refractivity contribution in [3.63, 3.8) is 0 Å². The monoisotopic (exact) mass is 766 g/mol. The summed E-state index contributed by atoms with van der Waals surface area (Å²) in [7, 11) is -4.23. The van der Waals surface area contributed by atoms with Crippen LogP contribution in [0.15, 0.2) is 150 Å². The minimum atomic E-state index is -4.23. The van der Waals surface area contributed by atoms with E-state index < -0.39 is 59.5 Å². The van der Waals surface area contributed by atoms with Crippen molar-refractivity contribution in [2.75, 3.05) is 6.61 Å². The van der Waals surface area contributed by atoms with E-state index in [4.69, 9.17) is 32.6 Å². The lowest BCUT2D eigenvalue weighted by Crippen LogP contribution is -2.64. The summed E-state index contributed by atoms with van der Waals surface area (Å²) in [5.74, 6) is -0.609. The Bertz CT molecular complexity index is 2000. The second-order valence-corrected chi connectivity index (χ2v) is 14.9. The highest BCUT2D eigenvalue weighted by molar-refractivity contribution is 7.86. The third-order valence-corrected chi connectivity index (χ3v) is 10.3. The van der Waals surface area contributed by atoms with Gasteiger partial charge in [-0.25, -0.2) is 0 Å². The number of rotatable bonds is 18. The molecule has 55 heavy (non-hydrogen) atoms. The van der Waals surface area contributed by atoms with Crippen molar-refractivity contribution in [1.29, 1.82) is 0 Å². The van der Waals surface area contributed by atoms with Crippen LogP contribution in [-0.2, 0) is 73.9 Å². The van der Waals surface area contributed by atoms with E-state index >= 15 is 0 Å². The Balaban J connectivity index is 1.39. The molecule has 0 bridgehead atoms. The van der Waals surface area contributed by atoms with Crippen LogP contribution in [0.25, 0.3) is 0 Å². The van der Waals surface area contributed by atoms with Crippen LogP contribution in [-0.4, -0.2) is 57.8 Å². The Labute approximate surface area is 323 Å². The van der Waals surface area contributed by atoms with Gasteiger partial charge in [0.25, 0.3) is 10.1 Å². The van der Waals surface area contributed by atoms with E-state index in [1.165, 1.54) is 19.1 Å². The topological polar surface area (TPSA) is 116 Å². The van der Waals surface area contributed by atoms with E-state index in [2.05, 4.69) is 0 Å². The fraction of sp³-hybridized carbons (Fsp3) is 0.295.